The molecule has 0 radical (unpaired) electrons. The third kappa shape index (κ3) is 3.72. The molecule has 7 heteroatoms. The van der Waals surface area contributed by atoms with Gasteiger partial charge in [0.1, 0.15) is 6.04 Å². The molecule has 2 N–H and O–H groups in total. The summed E-state index contributed by atoms with van der Waals surface area (Å²) in [6, 6.07) is -0.958. The number of carboxylic acid groups (broad SMARTS) is 1. The minimum absolute atomic E-state index is 0.275. The fourth-order valence-electron chi connectivity index (χ4n) is 2.41. The number of carbonyl (C=O) groups excluding carboxylic acids is 1. The molecule has 2 heterocycles. The number of likely N-dealkylation sites (tertiary alicyclic amines) is 1. The van der Waals surface area contributed by atoms with Gasteiger partial charge in [-0.05, 0) is 25.7 Å². The van der Waals surface area contributed by atoms with Gasteiger partial charge in [-0.1, -0.05) is 0 Å². The van der Waals surface area contributed by atoms with Crippen LogP contribution < -0.4 is 5.32 Å². The number of nitrogens with one attached hydrogen (secondary N) is 1. The van der Waals surface area contributed by atoms with Gasteiger partial charge in [-0.3, -0.25) is 0 Å². The zero-order chi connectivity index (χ0) is 14.4. The lowest BCUT2D eigenvalue weighted by Gasteiger charge is -2.32. The number of amides is 2. The number of rotatable bonds is 5. The van der Waals surface area contributed by atoms with Crippen LogP contribution in [0.5, 0.6) is 0 Å². The third-order valence-electron chi connectivity index (χ3n) is 3.48. The Kier molecular flexibility index (Phi) is 4.97. The Balaban J connectivity index is 1.74. The largest absolute Gasteiger partial charge is 0.480 e. The fraction of sp³-hybridized carbons (Fsp3) is 0.615. The molecule has 20 heavy (non-hydrogen) atoms. The van der Waals surface area contributed by atoms with E-state index in [9.17, 15) is 9.59 Å². The predicted molar refractivity (Wildman–Crippen MR) is 72.2 cm³/mol. The third-order valence-corrected chi connectivity index (χ3v) is 3.48. The second-order valence-electron chi connectivity index (χ2n) is 4.93. The molecule has 1 atom stereocenters. The topological polar surface area (TPSA) is 87.5 Å². The molecule has 1 aliphatic rings. The highest BCUT2D eigenvalue weighted by Crippen LogP contribution is 2.17. The molecule has 0 aliphatic carbocycles. The number of nitrogens with zero attached hydrogens (tertiary/aromatic N) is 3. The molecule has 2 rings (SSSR count). The molecule has 1 saturated heterocycles. The molecule has 0 aromatic carbocycles. The van der Waals surface area contributed by atoms with Crippen LogP contribution in [-0.4, -0.2) is 50.7 Å². The molecule has 7 nitrogen and oxygen atoms in total. The number of aromatic nitrogens is 2. The van der Waals surface area contributed by atoms with Gasteiger partial charge in [-0.25, -0.2) is 14.6 Å². The minimum atomic E-state index is -0.918. The first-order chi connectivity index (χ1) is 9.68. The van der Waals surface area contributed by atoms with Crippen molar-refractivity contribution in [2.24, 2.45) is 0 Å². The first kappa shape index (κ1) is 14.4. The van der Waals surface area contributed by atoms with E-state index in [0.717, 1.165) is 25.8 Å². The minimum Gasteiger partial charge on any atom is -0.480 e. The number of imidazole rings is 1. The van der Waals surface area contributed by atoms with Crippen LogP contribution in [0.15, 0.2) is 18.7 Å². The summed E-state index contributed by atoms with van der Waals surface area (Å²) in [5.74, 6) is -0.918. The number of piperidine rings is 1. The van der Waals surface area contributed by atoms with Gasteiger partial charge in [-0.15, -0.1) is 0 Å². The maximum absolute atomic E-state index is 12.0. The molecule has 1 aromatic heterocycles. The molecule has 2 amide bonds. The van der Waals surface area contributed by atoms with Crippen molar-refractivity contribution < 1.29 is 14.7 Å². The van der Waals surface area contributed by atoms with Crippen molar-refractivity contribution in [2.45, 2.75) is 38.3 Å². The second kappa shape index (κ2) is 6.93. The lowest BCUT2D eigenvalue weighted by Crippen LogP contribution is -2.52. The summed E-state index contributed by atoms with van der Waals surface area (Å²) in [4.78, 5) is 28.5. The number of urea groups is 1. The van der Waals surface area contributed by atoms with Crippen molar-refractivity contribution in [2.75, 3.05) is 13.1 Å². The van der Waals surface area contributed by atoms with Crippen LogP contribution in [0.25, 0.3) is 0 Å². The highest BCUT2D eigenvalue weighted by atomic mass is 16.4. The Hall–Kier alpha value is -2.05. The maximum atomic E-state index is 12.0. The van der Waals surface area contributed by atoms with Gasteiger partial charge in [0.25, 0.3) is 0 Å². The summed E-state index contributed by atoms with van der Waals surface area (Å²) in [6.07, 6.45) is 8.36. The number of aliphatic carboxylic acids is 1. The van der Waals surface area contributed by atoms with Crippen LogP contribution in [0.2, 0.25) is 0 Å². The fourth-order valence-corrected chi connectivity index (χ4v) is 2.41. The molecule has 1 aliphatic heterocycles. The Labute approximate surface area is 117 Å². The van der Waals surface area contributed by atoms with Crippen molar-refractivity contribution in [3.8, 4) is 0 Å². The second-order valence-corrected chi connectivity index (χ2v) is 4.93. The van der Waals surface area contributed by atoms with Crippen LogP contribution >= 0.6 is 0 Å². The summed E-state index contributed by atoms with van der Waals surface area (Å²) in [6.45, 7) is 1.83. The molecule has 0 spiro atoms. The zero-order valence-corrected chi connectivity index (χ0v) is 11.4. The highest BCUT2D eigenvalue weighted by molar-refractivity contribution is 5.82. The van der Waals surface area contributed by atoms with E-state index in [1.54, 1.807) is 12.5 Å². The quantitative estimate of drug-likeness (QED) is 0.785. The molecule has 110 valence electrons. The smallest absolute Gasteiger partial charge is 0.326 e. The van der Waals surface area contributed by atoms with E-state index in [4.69, 9.17) is 5.11 Å². The molecule has 0 saturated carbocycles. The SMILES string of the molecule is O=C(O)C1CCCCN1C(=O)NCCCn1ccnc1. The monoisotopic (exact) mass is 280 g/mol. The summed E-state index contributed by atoms with van der Waals surface area (Å²) in [7, 11) is 0. The van der Waals surface area contributed by atoms with Crippen LogP contribution in [0.1, 0.15) is 25.7 Å². The highest BCUT2D eigenvalue weighted by Gasteiger charge is 2.31. The van der Waals surface area contributed by atoms with E-state index < -0.39 is 12.0 Å². The van der Waals surface area contributed by atoms with Crippen molar-refractivity contribution in [3.05, 3.63) is 18.7 Å². The molecular formula is C13H20N4O3. The molecule has 1 aromatic rings. The van der Waals surface area contributed by atoms with Crippen molar-refractivity contribution >= 4 is 12.0 Å². The average molecular weight is 280 g/mol. The summed E-state index contributed by atoms with van der Waals surface area (Å²) in [5, 5.41) is 11.9. The molecule has 1 fully saturated rings. The standard InChI is InChI=1S/C13H20N4O3/c18-12(19)11-4-1-2-8-17(11)13(20)15-5-3-7-16-9-6-14-10-16/h6,9-11H,1-5,7-8H2,(H,15,20)(H,18,19). The molecular weight excluding hydrogens is 260 g/mol. The Morgan fingerprint density at radius 2 is 2.25 bits per heavy atom. The number of carbonyl (C=O) groups is 2. The van der Waals surface area contributed by atoms with Crippen LogP contribution in [-0.2, 0) is 11.3 Å². The summed E-state index contributed by atoms with van der Waals surface area (Å²) in [5.41, 5.74) is 0. The van der Waals surface area contributed by atoms with E-state index in [1.165, 1.54) is 4.90 Å². The van der Waals surface area contributed by atoms with Crippen molar-refractivity contribution in [1.82, 2.24) is 19.8 Å². The van der Waals surface area contributed by atoms with Crippen LogP contribution in [0.3, 0.4) is 0 Å². The Bertz CT molecular complexity index is 446. The van der Waals surface area contributed by atoms with Crippen molar-refractivity contribution in [1.29, 1.82) is 0 Å². The molecule has 0 bridgehead atoms. The number of hydrogen-bond donors (Lipinski definition) is 2. The lowest BCUT2D eigenvalue weighted by molar-refractivity contribution is -0.143. The van der Waals surface area contributed by atoms with Gasteiger partial charge >= 0.3 is 12.0 Å². The number of hydrogen-bond acceptors (Lipinski definition) is 3. The first-order valence-electron chi connectivity index (χ1n) is 6.91. The first-order valence-corrected chi connectivity index (χ1v) is 6.91. The van der Waals surface area contributed by atoms with Gasteiger partial charge < -0.3 is 19.9 Å². The van der Waals surface area contributed by atoms with Gasteiger partial charge in [0.05, 0.1) is 6.33 Å². The van der Waals surface area contributed by atoms with Crippen LogP contribution in [0, 0.1) is 0 Å². The normalized spacial score (nSPS) is 18.8. The Morgan fingerprint density at radius 3 is 2.95 bits per heavy atom. The lowest BCUT2D eigenvalue weighted by atomic mass is 10.0. The van der Waals surface area contributed by atoms with Crippen LogP contribution in [0.4, 0.5) is 4.79 Å². The number of aryl methyl sites for hydroxylation is 1. The Morgan fingerprint density at radius 1 is 1.40 bits per heavy atom. The predicted octanol–water partition coefficient (Wildman–Crippen LogP) is 0.922. The van der Waals surface area contributed by atoms with E-state index in [0.29, 0.717) is 19.5 Å². The summed E-state index contributed by atoms with van der Waals surface area (Å²) >= 11 is 0. The maximum Gasteiger partial charge on any atom is 0.326 e. The number of carboxylic acids is 1. The van der Waals surface area contributed by atoms with E-state index >= 15 is 0 Å². The van der Waals surface area contributed by atoms with Gasteiger partial charge in [0.2, 0.25) is 0 Å². The van der Waals surface area contributed by atoms with Crippen molar-refractivity contribution in [3.63, 3.8) is 0 Å². The van der Waals surface area contributed by atoms with Gasteiger partial charge in [-0.2, -0.15) is 0 Å². The van der Waals surface area contributed by atoms with E-state index in [-0.39, 0.29) is 6.03 Å². The van der Waals surface area contributed by atoms with E-state index in [2.05, 4.69) is 10.3 Å². The van der Waals surface area contributed by atoms with Gasteiger partial charge in [0, 0.05) is 32.0 Å². The van der Waals surface area contributed by atoms with Gasteiger partial charge in [0.15, 0.2) is 0 Å². The average Bonchev–Trinajstić information content (AvgIpc) is 2.96. The van der Waals surface area contributed by atoms with E-state index in [1.807, 2.05) is 10.8 Å². The summed E-state index contributed by atoms with van der Waals surface area (Å²) < 4.78 is 1.94. The molecule has 1 unspecified atom stereocenters. The zero-order valence-electron chi connectivity index (χ0n) is 11.4.